The maximum Gasteiger partial charge on any atom is 0.263 e. The maximum atomic E-state index is 12.8. The van der Waals surface area contributed by atoms with Crippen LogP contribution in [0.4, 0.5) is 5.69 Å². The molecule has 2 aromatic carbocycles. The van der Waals surface area contributed by atoms with E-state index in [2.05, 4.69) is 22.0 Å². The highest BCUT2D eigenvalue weighted by Gasteiger charge is 2.21. The second kappa shape index (κ2) is 9.81. The van der Waals surface area contributed by atoms with E-state index in [1.54, 1.807) is 24.3 Å². The molecule has 162 valence electrons. The lowest BCUT2D eigenvalue weighted by Crippen LogP contribution is -2.32. The summed E-state index contributed by atoms with van der Waals surface area (Å²) in [6, 6.07) is 11.3. The summed E-state index contributed by atoms with van der Waals surface area (Å²) in [5.74, 6) is 0.313. The summed E-state index contributed by atoms with van der Waals surface area (Å²) in [5, 5.41) is 2.97. The van der Waals surface area contributed by atoms with Crippen LogP contribution in [-0.4, -0.2) is 45.9 Å². The monoisotopic (exact) mass is 449 g/mol. The van der Waals surface area contributed by atoms with Gasteiger partial charge >= 0.3 is 0 Å². The van der Waals surface area contributed by atoms with E-state index in [0.29, 0.717) is 18.2 Å². The molecule has 1 fully saturated rings. The molecule has 0 spiro atoms. The molecular weight excluding hydrogens is 422 g/mol. The van der Waals surface area contributed by atoms with E-state index < -0.39 is 10.0 Å². The van der Waals surface area contributed by atoms with Crippen molar-refractivity contribution < 1.29 is 13.2 Å². The van der Waals surface area contributed by atoms with Crippen molar-refractivity contribution in [2.45, 2.75) is 31.1 Å². The number of nitrogens with zero attached hydrogens (tertiary/aromatic N) is 1. The van der Waals surface area contributed by atoms with Gasteiger partial charge in [-0.2, -0.15) is 0 Å². The Morgan fingerprint density at radius 3 is 2.60 bits per heavy atom. The molecule has 30 heavy (non-hydrogen) atoms. The third-order valence-corrected chi connectivity index (χ3v) is 7.29. The molecule has 1 heterocycles. The molecule has 0 radical (unpaired) electrons. The van der Waals surface area contributed by atoms with Gasteiger partial charge in [0.15, 0.2) is 0 Å². The van der Waals surface area contributed by atoms with E-state index in [-0.39, 0.29) is 21.4 Å². The van der Waals surface area contributed by atoms with Gasteiger partial charge in [-0.1, -0.05) is 23.7 Å². The Labute approximate surface area is 183 Å². The van der Waals surface area contributed by atoms with Crippen molar-refractivity contribution in [1.29, 1.82) is 0 Å². The van der Waals surface area contributed by atoms with Crippen molar-refractivity contribution in [2.75, 3.05) is 31.4 Å². The highest BCUT2D eigenvalue weighted by molar-refractivity contribution is 7.92. The van der Waals surface area contributed by atoms with Gasteiger partial charge in [0.05, 0.1) is 5.02 Å². The van der Waals surface area contributed by atoms with Gasteiger partial charge in [-0.05, 0) is 88.1 Å². The van der Waals surface area contributed by atoms with E-state index in [1.807, 2.05) is 13.0 Å². The summed E-state index contributed by atoms with van der Waals surface area (Å²) in [7, 11) is -1.80. The highest BCUT2D eigenvalue weighted by atomic mass is 35.5. The third-order valence-electron chi connectivity index (χ3n) is 5.43. The predicted molar refractivity (Wildman–Crippen MR) is 121 cm³/mol. The molecule has 2 N–H and O–H groups in total. The van der Waals surface area contributed by atoms with Gasteiger partial charge < -0.3 is 10.2 Å². The minimum Gasteiger partial charge on any atom is -0.352 e. The van der Waals surface area contributed by atoms with Crippen molar-refractivity contribution in [2.24, 2.45) is 5.92 Å². The first-order valence-electron chi connectivity index (χ1n) is 10.1. The normalized spacial score (nSPS) is 15.7. The highest BCUT2D eigenvalue weighted by Crippen LogP contribution is 2.25. The van der Waals surface area contributed by atoms with Crippen LogP contribution < -0.4 is 10.0 Å². The van der Waals surface area contributed by atoms with Gasteiger partial charge in [-0.25, -0.2) is 8.42 Å². The number of nitrogens with one attached hydrogen (secondary N) is 2. The summed E-state index contributed by atoms with van der Waals surface area (Å²) >= 11 is 6.15. The lowest BCUT2D eigenvalue weighted by atomic mass is 9.94. The average molecular weight is 450 g/mol. The number of benzene rings is 2. The quantitative estimate of drug-likeness (QED) is 0.671. The predicted octanol–water partition coefficient (Wildman–Crippen LogP) is 3.91. The Morgan fingerprint density at radius 1 is 1.17 bits per heavy atom. The number of piperidine rings is 1. The van der Waals surface area contributed by atoms with Crippen LogP contribution in [-0.2, 0) is 10.0 Å². The molecule has 0 aliphatic carbocycles. The Morgan fingerprint density at radius 2 is 1.90 bits per heavy atom. The van der Waals surface area contributed by atoms with Crippen LogP contribution in [0, 0.1) is 12.8 Å². The average Bonchev–Trinajstić information content (AvgIpc) is 2.69. The van der Waals surface area contributed by atoms with Crippen molar-refractivity contribution in [3.8, 4) is 0 Å². The zero-order chi connectivity index (χ0) is 21.7. The molecule has 3 rings (SSSR count). The van der Waals surface area contributed by atoms with E-state index in [4.69, 9.17) is 11.6 Å². The maximum absolute atomic E-state index is 12.8. The number of rotatable bonds is 7. The lowest BCUT2D eigenvalue weighted by Gasteiger charge is -2.28. The van der Waals surface area contributed by atoms with Gasteiger partial charge in [0.2, 0.25) is 0 Å². The molecule has 1 saturated heterocycles. The number of anilines is 1. The fraction of sp³-hybridized carbons (Fsp3) is 0.409. The third kappa shape index (κ3) is 5.97. The standard InChI is InChI=1S/C22H28ClN3O3S/c1-16-4-3-5-19(14-16)25-30(28,29)21-15-18(6-7-20(21)23)22(27)24-11-8-17-9-12-26(2)13-10-17/h3-7,14-15,17,25H,8-13H2,1-2H3,(H,24,27). The first-order valence-corrected chi connectivity index (χ1v) is 12.0. The second-order valence-electron chi connectivity index (χ2n) is 7.91. The number of hydrogen-bond donors (Lipinski definition) is 2. The van der Waals surface area contributed by atoms with Crippen LogP contribution in [0.5, 0.6) is 0 Å². The van der Waals surface area contributed by atoms with Gasteiger partial charge in [0.1, 0.15) is 4.90 Å². The molecule has 0 aromatic heterocycles. The molecule has 8 heteroatoms. The second-order valence-corrected chi connectivity index (χ2v) is 9.97. The molecule has 0 saturated carbocycles. The number of halogens is 1. The number of likely N-dealkylation sites (tertiary alicyclic amines) is 1. The SMILES string of the molecule is Cc1cccc(NS(=O)(=O)c2cc(C(=O)NCCC3CCN(C)CC3)ccc2Cl)c1. The van der Waals surface area contributed by atoms with Crippen LogP contribution in [0.15, 0.2) is 47.4 Å². The number of aryl methyl sites for hydroxylation is 1. The molecule has 1 aliphatic heterocycles. The van der Waals surface area contributed by atoms with Crippen LogP contribution in [0.3, 0.4) is 0 Å². The van der Waals surface area contributed by atoms with Crippen molar-refractivity contribution in [3.05, 3.63) is 58.6 Å². The molecule has 2 aromatic rings. The minimum atomic E-state index is -3.93. The minimum absolute atomic E-state index is 0.0676. The van der Waals surface area contributed by atoms with Gasteiger partial charge in [0, 0.05) is 17.8 Å². The summed E-state index contributed by atoms with van der Waals surface area (Å²) in [6.45, 7) is 4.62. The van der Waals surface area contributed by atoms with Crippen LogP contribution in [0.1, 0.15) is 35.2 Å². The summed E-state index contributed by atoms with van der Waals surface area (Å²) in [5.41, 5.74) is 1.64. The lowest BCUT2D eigenvalue weighted by molar-refractivity contribution is 0.0948. The number of amides is 1. The van der Waals surface area contributed by atoms with Crippen molar-refractivity contribution in [3.63, 3.8) is 0 Å². The van der Waals surface area contributed by atoms with Gasteiger partial charge in [-0.3, -0.25) is 9.52 Å². The molecule has 6 nitrogen and oxygen atoms in total. The van der Waals surface area contributed by atoms with Gasteiger partial charge in [-0.15, -0.1) is 0 Å². The summed E-state index contributed by atoms with van der Waals surface area (Å²) in [6.07, 6.45) is 3.20. The molecular formula is C22H28ClN3O3S. The van der Waals surface area contributed by atoms with Gasteiger partial charge in [0.25, 0.3) is 15.9 Å². The van der Waals surface area contributed by atoms with Crippen molar-refractivity contribution in [1.82, 2.24) is 10.2 Å². The largest absolute Gasteiger partial charge is 0.352 e. The molecule has 0 bridgehead atoms. The number of sulfonamides is 1. The van der Waals surface area contributed by atoms with E-state index >= 15 is 0 Å². The first-order chi connectivity index (χ1) is 14.2. The van der Waals surface area contributed by atoms with E-state index in [0.717, 1.165) is 37.9 Å². The number of hydrogen-bond acceptors (Lipinski definition) is 4. The topological polar surface area (TPSA) is 78.5 Å². The van der Waals surface area contributed by atoms with Crippen molar-refractivity contribution >= 4 is 33.2 Å². The summed E-state index contributed by atoms with van der Waals surface area (Å²) < 4.78 is 28.2. The molecule has 0 unspecified atom stereocenters. The van der Waals surface area contributed by atoms with Crippen LogP contribution in [0.2, 0.25) is 5.02 Å². The first kappa shape index (κ1) is 22.6. The Bertz CT molecular complexity index is 1000. The zero-order valence-electron chi connectivity index (χ0n) is 17.3. The Kier molecular flexibility index (Phi) is 7.39. The Hall–Kier alpha value is -2.09. The molecule has 1 amide bonds. The number of carbonyl (C=O) groups excluding carboxylic acids is 1. The zero-order valence-corrected chi connectivity index (χ0v) is 18.9. The number of carbonyl (C=O) groups is 1. The van der Waals surface area contributed by atoms with Crippen LogP contribution >= 0.6 is 11.6 Å². The smallest absolute Gasteiger partial charge is 0.263 e. The fourth-order valence-corrected chi connectivity index (χ4v) is 5.19. The van der Waals surface area contributed by atoms with E-state index in [9.17, 15) is 13.2 Å². The fourth-order valence-electron chi connectivity index (χ4n) is 3.61. The molecule has 0 atom stereocenters. The van der Waals surface area contributed by atoms with Crippen LogP contribution in [0.25, 0.3) is 0 Å². The molecule has 1 aliphatic rings. The summed E-state index contributed by atoms with van der Waals surface area (Å²) in [4.78, 5) is 14.8. The Balaban J connectivity index is 1.65. The van der Waals surface area contributed by atoms with E-state index in [1.165, 1.54) is 12.1 Å².